The van der Waals surface area contributed by atoms with Crippen molar-refractivity contribution in [1.29, 1.82) is 0 Å². The number of alkyl halides is 3. The average Bonchev–Trinajstić information content (AvgIpc) is 2.81. The molecule has 0 aromatic carbocycles. The van der Waals surface area contributed by atoms with E-state index in [-0.39, 0.29) is 12.7 Å². The zero-order chi connectivity index (χ0) is 34.3. The molecule has 7 N–H and O–H groups in total. The van der Waals surface area contributed by atoms with Crippen molar-refractivity contribution in [1.82, 2.24) is 21.3 Å². The minimum Gasteiger partial charge on any atom is -0.481 e. The lowest BCUT2D eigenvalue weighted by Gasteiger charge is -2.27. The highest BCUT2D eigenvalue weighted by atomic mass is 19.4. The molecule has 0 saturated heterocycles. The maximum Gasteiger partial charge on any atom is 0.490 e. The van der Waals surface area contributed by atoms with E-state index in [0.29, 0.717) is 0 Å². The third-order valence-corrected chi connectivity index (χ3v) is 4.78. The number of carboxylic acid groups (broad SMARTS) is 3. The summed E-state index contributed by atoms with van der Waals surface area (Å²) in [5.74, 6) is -8.35. The van der Waals surface area contributed by atoms with E-state index in [9.17, 15) is 46.7 Å². The lowest BCUT2D eigenvalue weighted by molar-refractivity contribution is -0.192. The summed E-state index contributed by atoms with van der Waals surface area (Å²) in [6.07, 6.45) is -7.18. The molecule has 4 atom stereocenters. The molecule has 0 aliphatic carbocycles. The van der Waals surface area contributed by atoms with Crippen LogP contribution < -0.4 is 21.3 Å². The molecule has 0 radical (unpaired) electrons. The molecule has 0 aromatic heterocycles. The summed E-state index contributed by atoms with van der Waals surface area (Å²) in [5, 5.41) is 34.3. The number of ether oxygens (including phenoxy) is 1. The molecule has 0 fully saturated rings. The Labute approximate surface area is 244 Å². The predicted octanol–water partition coefficient (Wildman–Crippen LogP) is 0.182. The van der Waals surface area contributed by atoms with E-state index in [1.165, 1.54) is 6.92 Å². The zero-order valence-corrected chi connectivity index (χ0v) is 24.2. The van der Waals surface area contributed by atoms with Crippen LogP contribution >= 0.6 is 0 Å². The highest BCUT2D eigenvalue weighted by molar-refractivity contribution is 5.94. The van der Waals surface area contributed by atoms with Crippen molar-refractivity contribution in [3.63, 3.8) is 0 Å². The molecule has 0 aliphatic rings. The number of aldehydes is 1. The Hall–Kier alpha value is -4.45. The molecule has 0 aliphatic heterocycles. The Bertz CT molecular complexity index is 1030. The second-order valence-corrected chi connectivity index (χ2v) is 10.2. The fraction of sp³-hybridized carbons (Fsp3) is 0.667. The van der Waals surface area contributed by atoms with Gasteiger partial charge in [0.25, 0.3) is 0 Å². The number of hydrogen-bond donors (Lipinski definition) is 7. The average molecular weight is 631 g/mol. The highest BCUT2D eigenvalue weighted by Crippen LogP contribution is 2.13. The second-order valence-electron chi connectivity index (χ2n) is 10.2. The quantitative estimate of drug-likeness (QED) is 0.127. The number of alkyl carbamates (subject to hydrolysis) is 1. The number of halogens is 3. The van der Waals surface area contributed by atoms with Crippen molar-refractivity contribution in [3.05, 3.63) is 0 Å². The van der Waals surface area contributed by atoms with E-state index >= 15 is 0 Å². The molecular weight excluding hydrogens is 593 g/mol. The van der Waals surface area contributed by atoms with E-state index in [1.807, 2.05) is 0 Å². The monoisotopic (exact) mass is 630 g/mol. The van der Waals surface area contributed by atoms with E-state index in [4.69, 9.17) is 24.9 Å². The minimum absolute atomic E-state index is 0.250. The number of amides is 4. The Kier molecular flexibility index (Phi) is 17.2. The minimum atomic E-state index is -5.08. The van der Waals surface area contributed by atoms with Crippen LogP contribution in [0.2, 0.25) is 0 Å². The van der Waals surface area contributed by atoms with Gasteiger partial charge < -0.3 is 46.1 Å². The van der Waals surface area contributed by atoms with Crippen molar-refractivity contribution < 1.29 is 71.6 Å². The van der Waals surface area contributed by atoms with Gasteiger partial charge in [0.2, 0.25) is 17.7 Å². The number of nitrogens with one attached hydrogen (secondary N) is 4. The first kappa shape index (κ1) is 40.7. The largest absolute Gasteiger partial charge is 0.490 e. The van der Waals surface area contributed by atoms with Crippen molar-refractivity contribution in [2.75, 3.05) is 0 Å². The molecule has 246 valence electrons. The summed E-state index contributed by atoms with van der Waals surface area (Å²) < 4.78 is 36.8. The summed E-state index contributed by atoms with van der Waals surface area (Å²) in [7, 11) is 0. The molecule has 0 bridgehead atoms. The Balaban J connectivity index is 0. The lowest BCUT2D eigenvalue weighted by atomic mass is 10.0. The van der Waals surface area contributed by atoms with Gasteiger partial charge in [0.1, 0.15) is 30.0 Å². The molecule has 0 heterocycles. The molecule has 43 heavy (non-hydrogen) atoms. The summed E-state index contributed by atoms with van der Waals surface area (Å²) in [4.78, 5) is 91.8. The second kappa shape index (κ2) is 18.2. The van der Waals surface area contributed by atoms with Gasteiger partial charge in [-0.3, -0.25) is 24.0 Å². The van der Waals surface area contributed by atoms with Crippen LogP contribution in [0.15, 0.2) is 0 Å². The summed E-state index contributed by atoms with van der Waals surface area (Å²) >= 11 is 0. The first-order valence-electron chi connectivity index (χ1n) is 12.5. The lowest BCUT2D eigenvalue weighted by Crippen LogP contribution is -2.58. The van der Waals surface area contributed by atoms with Gasteiger partial charge in [-0.1, -0.05) is 13.8 Å². The number of carbonyl (C=O) groups excluding carboxylic acids is 5. The normalized spacial score (nSPS) is 13.9. The highest BCUT2D eigenvalue weighted by Gasteiger charge is 2.38. The van der Waals surface area contributed by atoms with Gasteiger partial charge in [0, 0.05) is 6.42 Å². The van der Waals surface area contributed by atoms with Crippen molar-refractivity contribution in [3.8, 4) is 0 Å². The third-order valence-electron chi connectivity index (χ3n) is 4.78. The number of aliphatic carboxylic acids is 3. The fourth-order valence-electron chi connectivity index (χ4n) is 2.77. The van der Waals surface area contributed by atoms with Crippen LogP contribution in [0.4, 0.5) is 18.0 Å². The number of carboxylic acids is 3. The molecule has 0 aromatic rings. The molecule has 16 nitrogen and oxygen atoms in total. The Morgan fingerprint density at radius 3 is 1.67 bits per heavy atom. The number of hydrogen-bond acceptors (Lipinski definition) is 9. The molecule has 0 unspecified atom stereocenters. The molecule has 19 heteroatoms. The first-order chi connectivity index (χ1) is 19.4. The van der Waals surface area contributed by atoms with Gasteiger partial charge in [0.05, 0.1) is 12.5 Å². The van der Waals surface area contributed by atoms with Crippen molar-refractivity contribution >= 4 is 48.0 Å². The van der Waals surface area contributed by atoms with E-state index in [1.54, 1.807) is 34.6 Å². The molecule has 0 rings (SSSR count). The Morgan fingerprint density at radius 2 is 1.30 bits per heavy atom. The summed E-state index contributed by atoms with van der Waals surface area (Å²) in [6, 6.07) is -5.08. The van der Waals surface area contributed by atoms with Gasteiger partial charge in [-0.05, 0) is 40.0 Å². The van der Waals surface area contributed by atoms with E-state index in [0.717, 1.165) is 0 Å². The fourth-order valence-corrected chi connectivity index (χ4v) is 2.77. The van der Waals surface area contributed by atoms with Gasteiger partial charge in [-0.15, -0.1) is 0 Å². The van der Waals surface area contributed by atoms with Crippen molar-refractivity contribution in [2.24, 2.45) is 5.92 Å². The van der Waals surface area contributed by atoms with Gasteiger partial charge in [-0.2, -0.15) is 13.2 Å². The standard InChI is InChI=1S/C22H36N4O10.C2HF3O2/c1-11(2)17(20(34)24-13(10-27)9-16(30)31)26-19(33)14(7-8-15(28)29)25-18(32)12(3)23-21(35)36-22(4,5)6;3-2(4,5)1(6)7/h10-14,17H,7-9H2,1-6H3,(H,23,35)(H,24,34)(H,25,32)(H,26,33)(H,28,29)(H,30,31);(H,6,7)/t12-,13-,14-,17-;/m0./s1. The maximum atomic E-state index is 12.9. The van der Waals surface area contributed by atoms with Gasteiger partial charge >= 0.3 is 30.2 Å². The summed E-state index contributed by atoms with van der Waals surface area (Å²) in [5.41, 5.74) is -0.816. The third kappa shape index (κ3) is 19.3. The first-order valence-corrected chi connectivity index (χ1v) is 12.5. The molecule has 0 saturated carbocycles. The summed E-state index contributed by atoms with van der Waals surface area (Å²) in [6.45, 7) is 9.37. The smallest absolute Gasteiger partial charge is 0.481 e. The van der Waals surface area contributed by atoms with E-state index in [2.05, 4.69) is 21.3 Å². The van der Waals surface area contributed by atoms with Crippen LogP contribution in [-0.2, 0) is 38.3 Å². The predicted molar refractivity (Wildman–Crippen MR) is 138 cm³/mol. The zero-order valence-electron chi connectivity index (χ0n) is 24.2. The SMILES string of the molecule is CC(C)[C@H](NC(=O)[C@H](CCC(=O)O)NC(=O)[C@H](C)NC(=O)OC(C)(C)C)C(=O)N[C@H](C=O)CC(=O)O.O=C(O)C(F)(F)F. The van der Waals surface area contributed by atoms with Crippen LogP contribution in [0.3, 0.4) is 0 Å². The van der Waals surface area contributed by atoms with Crippen LogP contribution in [0.5, 0.6) is 0 Å². The molecule has 4 amide bonds. The number of rotatable bonds is 14. The van der Waals surface area contributed by atoms with Crippen LogP contribution in [0.1, 0.15) is 60.8 Å². The van der Waals surface area contributed by atoms with Gasteiger partial charge in [-0.25, -0.2) is 9.59 Å². The molecule has 0 spiro atoms. The van der Waals surface area contributed by atoms with E-state index < -0.39 is 96.4 Å². The van der Waals surface area contributed by atoms with Gasteiger partial charge in [0.15, 0.2) is 0 Å². The van der Waals surface area contributed by atoms with Crippen LogP contribution in [-0.4, -0.2) is 99.3 Å². The Morgan fingerprint density at radius 1 is 0.791 bits per heavy atom. The van der Waals surface area contributed by atoms with Crippen LogP contribution in [0, 0.1) is 5.92 Å². The maximum absolute atomic E-state index is 12.9. The molecular formula is C24H37F3N4O12. The number of carbonyl (C=O) groups is 8. The van der Waals surface area contributed by atoms with Crippen molar-refractivity contribution in [2.45, 2.75) is 96.7 Å². The van der Waals surface area contributed by atoms with Crippen LogP contribution in [0.25, 0.3) is 0 Å². The topological polar surface area (TPSA) is 255 Å².